The minimum Gasteiger partial charge on any atom is -0.184 e. The molecule has 1 aliphatic heterocycles. The van der Waals surface area contributed by atoms with Crippen molar-refractivity contribution in [2.75, 3.05) is 0 Å². The molecule has 0 N–H and O–H groups in total. The van der Waals surface area contributed by atoms with Gasteiger partial charge in [-0.3, -0.25) is 0 Å². The van der Waals surface area contributed by atoms with Gasteiger partial charge in [0.25, 0.3) is 0 Å². The van der Waals surface area contributed by atoms with Crippen LogP contribution in [-0.2, 0) is 43.5 Å². The summed E-state index contributed by atoms with van der Waals surface area (Å²) in [6.07, 6.45) is 2.28. The van der Waals surface area contributed by atoms with E-state index in [-0.39, 0.29) is 16.2 Å². The van der Waals surface area contributed by atoms with Crippen LogP contribution in [0.1, 0.15) is 97.9 Å². The van der Waals surface area contributed by atoms with Crippen LogP contribution in [0.15, 0.2) is 84.9 Å². The Morgan fingerprint density at radius 1 is 0.739 bits per heavy atom. The average molecular weight is 743 g/mol. The van der Waals surface area contributed by atoms with Crippen LogP contribution < -0.4 is 10.4 Å². The number of rotatable bonds is 3. The van der Waals surface area contributed by atoms with Gasteiger partial charge in [-0.05, 0) is 39.4 Å². The molecule has 0 aliphatic carbocycles. The Balaban J connectivity index is 0.000000245. The third kappa shape index (κ3) is 8.79. The van der Waals surface area contributed by atoms with Crippen LogP contribution in [0.3, 0.4) is 0 Å². The number of aryl methyl sites for hydroxylation is 1. The molecule has 0 aromatic heterocycles. The second-order valence-corrected chi connectivity index (χ2v) is 20.4. The number of fused-ring (bicyclic) bond motifs is 4. The first-order chi connectivity index (χ1) is 21.6. The zero-order valence-electron chi connectivity index (χ0n) is 29.3. The number of hydrogen-bond acceptors (Lipinski definition) is 0. The molecule has 5 aromatic carbocycles. The van der Waals surface area contributed by atoms with Gasteiger partial charge in [0.05, 0.1) is 9.52 Å². The van der Waals surface area contributed by atoms with E-state index in [1.165, 1.54) is 65.7 Å². The molecular formula is C42H48Cl2SiZr. The average Bonchev–Trinajstić information content (AvgIpc) is 3.59. The molecule has 46 heavy (non-hydrogen) atoms. The summed E-state index contributed by atoms with van der Waals surface area (Å²) in [7, 11) is 10.7. The quantitative estimate of drug-likeness (QED) is 0.125. The Labute approximate surface area is 300 Å². The van der Waals surface area contributed by atoms with E-state index in [0.717, 1.165) is 22.4 Å². The van der Waals surface area contributed by atoms with Crippen molar-refractivity contribution in [2.24, 2.45) is 0 Å². The molecule has 0 saturated carbocycles. The normalized spacial score (nSPS) is 12.3. The van der Waals surface area contributed by atoms with E-state index < -0.39 is 20.8 Å². The molecule has 0 fully saturated rings. The third-order valence-electron chi connectivity index (χ3n) is 8.65. The van der Waals surface area contributed by atoms with Gasteiger partial charge in [0.1, 0.15) is 0 Å². The van der Waals surface area contributed by atoms with Crippen molar-refractivity contribution in [2.45, 2.75) is 98.3 Å². The molecule has 0 bridgehead atoms. The van der Waals surface area contributed by atoms with E-state index in [1.807, 2.05) is 6.07 Å². The predicted molar refractivity (Wildman–Crippen MR) is 203 cm³/mol. The molecule has 6 rings (SSSR count). The van der Waals surface area contributed by atoms with Crippen LogP contribution >= 0.6 is 17.0 Å². The minimum absolute atomic E-state index is 0.122. The number of hydrogen-bond donors (Lipinski definition) is 0. The molecule has 0 nitrogen and oxygen atoms in total. The topological polar surface area (TPSA) is 0 Å². The summed E-state index contributed by atoms with van der Waals surface area (Å²) in [6.45, 7) is 23.2. The second-order valence-electron chi connectivity index (χ2n) is 15.3. The molecule has 2 radical (unpaired) electrons. The smallest absolute Gasteiger partial charge is 0.0920 e. The van der Waals surface area contributed by atoms with Gasteiger partial charge in [0, 0.05) is 0 Å². The van der Waals surface area contributed by atoms with Crippen molar-refractivity contribution in [3.8, 4) is 22.3 Å². The summed E-state index contributed by atoms with van der Waals surface area (Å²) in [5.74, 6) is 0. The van der Waals surface area contributed by atoms with E-state index in [4.69, 9.17) is 17.0 Å². The maximum atomic E-state index is 4.93. The fraction of sp³-hybridized carbons (Fsp3) is 0.357. The van der Waals surface area contributed by atoms with Crippen LogP contribution in [-0.4, -0.2) is 9.52 Å². The fourth-order valence-electron chi connectivity index (χ4n) is 5.94. The standard InChI is InChI=1S/C30H41.C12H7Si.2ClH.Zr/c1-11-12-20-13-14-21-15-25(30(8,9)10)19-26(21)27(20)22-16-23(28(2,3)4)18-24(17-22)29(5,6)7;1-3-7-11-9(5-1)10-6-2-4-8-12(10)13-11;;;/h13-19H,11-12H2,1-10H3;1-7H;2*1H;/q2*-1;;;+4/p-2. The molecule has 0 spiro atoms. The first-order valence-electron chi connectivity index (χ1n) is 16.3. The minimum atomic E-state index is -0.826. The van der Waals surface area contributed by atoms with Crippen LogP contribution in [0, 0.1) is 6.07 Å². The van der Waals surface area contributed by atoms with Gasteiger partial charge in [-0.2, -0.15) is 35.5 Å². The number of halogens is 2. The molecule has 238 valence electrons. The van der Waals surface area contributed by atoms with E-state index in [0.29, 0.717) is 0 Å². The van der Waals surface area contributed by atoms with Gasteiger partial charge >= 0.3 is 37.9 Å². The van der Waals surface area contributed by atoms with Gasteiger partial charge in [0.2, 0.25) is 0 Å². The number of benzene rings is 4. The Morgan fingerprint density at radius 3 is 1.93 bits per heavy atom. The summed E-state index contributed by atoms with van der Waals surface area (Å²) in [6, 6.07) is 35.0. The zero-order valence-corrected chi connectivity index (χ0v) is 34.2. The van der Waals surface area contributed by atoms with Crippen LogP contribution in [0.2, 0.25) is 0 Å². The van der Waals surface area contributed by atoms with Crippen molar-refractivity contribution in [3.05, 3.63) is 113 Å². The summed E-state index contributed by atoms with van der Waals surface area (Å²) < 4.78 is 0. The molecule has 1 aliphatic rings. The largest absolute Gasteiger partial charge is 0.184 e. The Morgan fingerprint density at radius 2 is 1.35 bits per heavy atom. The Kier molecular flexibility index (Phi) is 12.2. The summed E-state index contributed by atoms with van der Waals surface area (Å²) >= 11 is -0.826. The fourth-order valence-corrected chi connectivity index (χ4v) is 7.25. The summed E-state index contributed by atoms with van der Waals surface area (Å²) in [5.41, 5.74) is 11.7. The van der Waals surface area contributed by atoms with Gasteiger partial charge in [-0.1, -0.05) is 140 Å². The predicted octanol–water partition coefficient (Wildman–Crippen LogP) is 11.6. The van der Waals surface area contributed by atoms with E-state index >= 15 is 0 Å². The van der Waals surface area contributed by atoms with E-state index in [9.17, 15) is 0 Å². The molecular weight excluding hydrogens is 695 g/mol. The van der Waals surface area contributed by atoms with Gasteiger partial charge in [0.15, 0.2) is 0 Å². The van der Waals surface area contributed by atoms with Gasteiger partial charge in [-0.25, -0.2) is 0 Å². The molecule has 1 heterocycles. The monoisotopic (exact) mass is 740 g/mol. The molecule has 4 heteroatoms. The van der Waals surface area contributed by atoms with E-state index in [1.54, 1.807) is 0 Å². The molecule has 0 saturated heterocycles. The van der Waals surface area contributed by atoms with Crippen molar-refractivity contribution >= 4 is 47.7 Å². The molecule has 0 atom stereocenters. The Bertz CT molecular complexity index is 1700. The summed E-state index contributed by atoms with van der Waals surface area (Å²) in [4.78, 5) is 0. The van der Waals surface area contributed by atoms with Gasteiger partial charge in [-0.15, -0.1) is 40.1 Å². The van der Waals surface area contributed by atoms with Crippen molar-refractivity contribution in [1.29, 1.82) is 0 Å². The zero-order chi connectivity index (χ0) is 33.9. The Hall–Kier alpha value is -1.83. The van der Waals surface area contributed by atoms with Gasteiger partial charge < -0.3 is 0 Å². The molecule has 5 aromatic rings. The van der Waals surface area contributed by atoms with Crippen molar-refractivity contribution < 1.29 is 20.8 Å². The molecule has 0 amide bonds. The van der Waals surface area contributed by atoms with Crippen LogP contribution in [0.25, 0.3) is 33.0 Å². The second kappa shape index (κ2) is 15.2. The van der Waals surface area contributed by atoms with Crippen molar-refractivity contribution in [3.63, 3.8) is 0 Å². The first kappa shape index (κ1) is 37.0. The first-order valence-corrected chi connectivity index (χ1v) is 23.6. The maximum Gasteiger partial charge on any atom is 0.0920 e. The van der Waals surface area contributed by atoms with Crippen LogP contribution in [0.4, 0.5) is 0 Å². The van der Waals surface area contributed by atoms with Crippen LogP contribution in [0.5, 0.6) is 0 Å². The summed E-state index contributed by atoms with van der Waals surface area (Å²) in [5, 5.41) is 5.61. The third-order valence-corrected chi connectivity index (χ3v) is 10.0. The van der Waals surface area contributed by atoms with Crippen molar-refractivity contribution in [1.82, 2.24) is 0 Å². The molecule has 0 unspecified atom stereocenters. The maximum absolute atomic E-state index is 4.93. The SMILES string of the molecule is CCCc1ccc2[cH-]c(C(C)(C)C)cc2c1-c1cc(C(C)(C)C)cc(C(C)(C)C)c1.[Cl][Zr+2][Cl].[c-]1cccc2c1[Si]c1ccccc1-2. The van der Waals surface area contributed by atoms with E-state index in [2.05, 4.69) is 154 Å².